The molecular weight excluding hydrogens is 211 g/mol. The van der Waals surface area contributed by atoms with Crippen LogP contribution in [-0.2, 0) is 17.9 Å². The molecule has 4 nitrogen and oxygen atoms in total. The first-order valence-corrected chi connectivity index (χ1v) is 3.94. The van der Waals surface area contributed by atoms with E-state index in [0.717, 1.165) is 0 Å². The third-order valence-electron chi connectivity index (χ3n) is 0.528. The number of alkyl halides is 2. The second kappa shape index (κ2) is 4.95. The monoisotopic (exact) mass is 214 g/mol. The summed E-state index contributed by atoms with van der Waals surface area (Å²) in [5, 5.41) is 0. The summed E-state index contributed by atoms with van der Waals surface area (Å²) in [6.45, 7) is -1.28. The Morgan fingerprint density at radius 3 is 2.36 bits per heavy atom. The summed E-state index contributed by atoms with van der Waals surface area (Å²) in [6.07, 6.45) is -2.91. The number of rotatable bonds is 5. The molecule has 0 spiro atoms. The van der Waals surface area contributed by atoms with Crippen LogP contribution in [0.5, 0.6) is 0 Å². The minimum absolute atomic E-state index is 1.28. The van der Waals surface area contributed by atoms with Crippen molar-refractivity contribution in [2.75, 3.05) is 6.61 Å². The van der Waals surface area contributed by atoms with Gasteiger partial charge in [0.25, 0.3) is 6.43 Å². The Hall–Kier alpha value is 0.190. The first-order chi connectivity index (χ1) is 5.04. The highest BCUT2D eigenvalue weighted by atomic mass is 35.5. The van der Waals surface area contributed by atoms with Crippen LogP contribution < -0.4 is 0 Å². The van der Waals surface area contributed by atoms with Crippen molar-refractivity contribution in [2.24, 2.45) is 0 Å². The van der Waals surface area contributed by atoms with Crippen molar-refractivity contribution in [3.05, 3.63) is 0 Å². The van der Waals surface area contributed by atoms with Gasteiger partial charge in [0.05, 0.1) is 11.9 Å². The van der Waals surface area contributed by atoms with Crippen molar-refractivity contribution in [1.29, 1.82) is 0 Å². The molecule has 0 saturated heterocycles. The fourth-order valence-corrected chi connectivity index (χ4v) is 0.778. The molecule has 0 aromatic heterocycles. The maximum Gasteiger partial charge on any atom is 0.522 e. The van der Waals surface area contributed by atoms with Crippen molar-refractivity contribution in [2.45, 2.75) is 6.43 Å². The van der Waals surface area contributed by atoms with Crippen LogP contribution in [0.25, 0.3) is 0 Å². The van der Waals surface area contributed by atoms with E-state index >= 15 is 0 Å². The van der Waals surface area contributed by atoms with Gasteiger partial charge < -0.3 is 0 Å². The largest absolute Gasteiger partial charge is 0.522 e. The van der Waals surface area contributed by atoms with Crippen molar-refractivity contribution >= 4 is 19.7 Å². The van der Waals surface area contributed by atoms with Gasteiger partial charge in [0.1, 0.15) is 6.61 Å². The maximum absolute atomic E-state index is 11.3. The molecule has 0 aromatic rings. The fraction of sp³-hybridized carbons (Fsp3) is 1.00. The van der Waals surface area contributed by atoms with Gasteiger partial charge in [-0.3, -0.25) is 4.52 Å². The van der Waals surface area contributed by atoms with Crippen molar-refractivity contribution in [3.8, 4) is 0 Å². The van der Waals surface area contributed by atoms with Crippen LogP contribution in [0.2, 0.25) is 0 Å². The average Bonchev–Trinajstić information content (AvgIpc) is 2.00. The topological polar surface area (TPSA) is 44.8 Å². The molecule has 1 unspecified atom stereocenters. The average molecular weight is 214 g/mol. The van der Waals surface area contributed by atoms with Crippen LogP contribution in [-0.4, -0.2) is 13.0 Å². The standard InChI is InChI=1S/C2H3ClF3O4P/c3-9-11(7,10-6)8-1-2(4)5/h2H,1H2. The zero-order chi connectivity index (χ0) is 8.91. The summed E-state index contributed by atoms with van der Waals surface area (Å²) in [5.41, 5.74) is 0. The molecule has 68 valence electrons. The molecule has 0 fully saturated rings. The van der Waals surface area contributed by atoms with Crippen LogP contribution in [0.15, 0.2) is 0 Å². The van der Waals surface area contributed by atoms with E-state index in [4.69, 9.17) is 0 Å². The lowest BCUT2D eigenvalue weighted by atomic mass is 10.8. The molecule has 0 aliphatic rings. The lowest BCUT2D eigenvalue weighted by molar-refractivity contribution is -0.0529. The van der Waals surface area contributed by atoms with Crippen LogP contribution >= 0.6 is 19.7 Å². The zero-order valence-electron chi connectivity index (χ0n) is 4.88. The summed E-state index contributed by atoms with van der Waals surface area (Å²) >= 11 is 4.39. The van der Waals surface area contributed by atoms with Gasteiger partial charge >= 0.3 is 7.82 Å². The summed E-state index contributed by atoms with van der Waals surface area (Å²) in [4.78, 5) is 0. The van der Waals surface area contributed by atoms with E-state index in [0.29, 0.717) is 0 Å². The number of halogens is 4. The van der Waals surface area contributed by atoms with Gasteiger partial charge in [-0.15, -0.1) is 0 Å². The molecule has 11 heavy (non-hydrogen) atoms. The number of hydrogen-bond donors (Lipinski definition) is 0. The summed E-state index contributed by atoms with van der Waals surface area (Å²) in [7, 11) is -4.62. The Kier molecular flexibility index (Phi) is 5.03. The van der Waals surface area contributed by atoms with Gasteiger partial charge in [-0.2, -0.15) is 4.08 Å². The van der Waals surface area contributed by atoms with E-state index in [1.54, 1.807) is 0 Å². The first-order valence-electron chi connectivity index (χ1n) is 2.17. The molecule has 0 bridgehead atoms. The molecule has 1 atom stereocenters. The molecule has 0 aliphatic heterocycles. The number of hydrogen-bond acceptors (Lipinski definition) is 4. The lowest BCUT2D eigenvalue weighted by Crippen LogP contribution is -2.02. The molecule has 0 N–H and O–H groups in total. The predicted octanol–water partition coefficient (Wildman–Crippen LogP) is 2.45. The SMILES string of the molecule is O=P(OF)(OCl)OCC(F)F. The number of phosphoric acid groups is 1. The van der Waals surface area contributed by atoms with E-state index in [-0.39, 0.29) is 0 Å². The van der Waals surface area contributed by atoms with Crippen LogP contribution in [0.1, 0.15) is 0 Å². The lowest BCUT2D eigenvalue weighted by Gasteiger charge is -2.06. The van der Waals surface area contributed by atoms with E-state index in [1.165, 1.54) is 0 Å². The minimum Gasteiger partial charge on any atom is -0.278 e. The minimum atomic E-state index is -4.62. The first kappa shape index (κ1) is 11.2. The zero-order valence-corrected chi connectivity index (χ0v) is 6.53. The summed E-state index contributed by atoms with van der Waals surface area (Å²) in [5.74, 6) is 0. The van der Waals surface area contributed by atoms with Crippen LogP contribution in [0.4, 0.5) is 13.3 Å². The van der Waals surface area contributed by atoms with E-state index in [9.17, 15) is 17.9 Å². The van der Waals surface area contributed by atoms with Crippen molar-refractivity contribution in [1.82, 2.24) is 0 Å². The predicted molar refractivity (Wildman–Crippen MR) is 28.7 cm³/mol. The third-order valence-corrected chi connectivity index (χ3v) is 1.84. The molecule has 0 amide bonds. The molecular formula is C2H3ClF3O4P. The van der Waals surface area contributed by atoms with E-state index in [1.807, 2.05) is 0 Å². The fourth-order valence-electron chi connectivity index (χ4n) is 0.198. The molecule has 0 heterocycles. The maximum atomic E-state index is 11.3. The summed E-state index contributed by atoms with van der Waals surface area (Å²) in [6, 6.07) is 0. The molecule has 9 heteroatoms. The Labute approximate surface area is 64.9 Å². The Bertz CT molecular complexity index is 146. The van der Waals surface area contributed by atoms with Crippen molar-refractivity contribution < 1.29 is 31.2 Å². The Balaban J connectivity index is 3.79. The highest BCUT2D eigenvalue weighted by molar-refractivity contribution is 7.49. The second-order valence-electron chi connectivity index (χ2n) is 1.27. The quantitative estimate of drug-likeness (QED) is 0.660. The highest BCUT2D eigenvalue weighted by Gasteiger charge is 2.29. The van der Waals surface area contributed by atoms with Gasteiger partial charge in [-0.05, 0) is 4.53 Å². The Morgan fingerprint density at radius 1 is 1.55 bits per heavy atom. The molecule has 0 radical (unpaired) electrons. The van der Waals surface area contributed by atoms with Crippen molar-refractivity contribution in [3.63, 3.8) is 0 Å². The molecule has 0 aromatic carbocycles. The molecule has 0 saturated carbocycles. The van der Waals surface area contributed by atoms with E-state index in [2.05, 4.69) is 25.2 Å². The van der Waals surface area contributed by atoms with Gasteiger partial charge in [0.15, 0.2) is 0 Å². The van der Waals surface area contributed by atoms with Gasteiger partial charge in [0.2, 0.25) is 0 Å². The summed E-state index contributed by atoms with van der Waals surface area (Å²) < 4.78 is 53.7. The van der Waals surface area contributed by atoms with Gasteiger partial charge in [0, 0.05) is 0 Å². The van der Waals surface area contributed by atoms with E-state index < -0.39 is 20.9 Å². The molecule has 0 aliphatic carbocycles. The van der Waals surface area contributed by atoms with Gasteiger partial charge in [-0.25, -0.2) is 13.3 Å². The van der Waals surface area contributed by atoms with Crippen LogP contribution in [0, 0.1) is 0 Å². The second-order valence-corrected chi connectivity index (χ2v) is 3.11. The Morgan fingerprint density at radius 2 is 2.09 bits per heavy atom. The normalized spacial score (nSPS) is 16.8. The molecule has 0 rings (SSSR count). The smallest absolute Gasteiger partial charge is 0.278 e. The third kappa shape index (κ3) is 4.60. The van der Waals surface area contributed by atoms with Gasteiger partial charge in [-0.1, -0.05) is 4.73 Å². The van der Waals surface area contributed by atoms with Crippen LogP contribution in [0.3, 0.4) is 0 Å². The highest BCUT2D eigenvalue weighted by Crippen LogP contribution is 2.51.